The monoisotopic (exact) mass is 387 g/mol. The van der Waals surface area contributed by atoms with Crippen molar-refractivity contribution in [2.45, 2.75) is 18.8 Å². The highest BCUT2D eigenvalue weighted by molar-refractivity contribution is 5.83. The van der Waals surface area contributed by atoms with E-state index in [2.05, 4.69) is 10.3 Å². The Balaban J connectivity index is 1.91. The van der Waals surface area contributed by atoms with Gasteiger partial charge in [-0.2, -0.15) is 26.3 Å². The molecule has 1 heterocycles. The van der Waals surface area contributed by atoms with Crippen LogP contribution in [-0.2, 0) is 18.8 Å². The van der Waals surface area contributed by atoms with Crippen molar-refractivity contribution in [1.29, 1.82) is 0 Å². The highest BCUT2D eigenvalue weighted by Gasteiger charge is 2.41. The second kappa shape index (κ2) is 6.71. The van der Waals surface area contributed by atoms with E-state index in [0.29, 0.717) is 12.1 Å². The van der Waals surface area contributed by atoms with Crippen LogP contribution in [0, 0.1) is 0 Å². The Morgan fingerprint density at radius 1 is 0.926 bits per heavy atom. The molecule has 0 radical (unpaired) electrons. The van der Waals surface area contributed by atoms with Crippen molar-refractivity contribution in [2.24, 2.45) is 0 Å². The second-order valence-corrected chi connectivity index (χ2v) is 6.02. The van der Waals surface area contributed by atoms with E-state index in [1.807, 2.05) is 18.2 Å². The first-order valence-electron chi connectivity index (χ1n) is 7.94. The minimum atomic E-state index is -4.97. The highest BCUT2D eigenvalue weighted by atomic mass is 19.4. The number of H-pyrrole nitrogens is 1. The molecule has 4 N–H and O–H groups in total. The maximum absolute atomic E-state index is 13.2. The minimum Gasteiger partial charge on any atom is -0.399 e. The Morgan fingerprint density at radius 2 is 1.52 bits per heavy atom. The average Bonchev–Trinajstić information content (AvgIpc) is 2.97. The SMILES string of the molecule is Nc1cc(C(F)(F)F)c(NCCc2c[nH]c3ccccc23)c(C(F)(F)F)c1. The molecule has 9 heteroatoms. The first kappa shape index (κ1) is 18.9. The normalized spacial score (nSPS) is 12.5. The molecule has 0 aliphatic heterocycles. The van der Waals surface area contributed by atoms with Crippen LogP contribution < -0.4 is 11.1 Å². The third-order valence-electron chi connectivity index (χ3n) is 4.14. The van der Waals surface area contributed by atoms with E-state index < -0.39 is 34.9 Å². The molecule has 0 saturated carbocycles. The summed E-state index contributed by atoms with van der Waals surface area (Å²) in [4.78, 5) is 3.01. The van der Waals surface area contributed by atoms with Crippen LogP contribution in [0.1, 0.15) is 16.7 Å². The number of aromatic amines is 1. The summed E-state index contributed by atoms with van der Waals surface area (Å²) in [5.41, 5.74) is 2.40. The Labute approximate surface area is 150 Å². The molecular formula is C18H15F6N3. The molecule has 0 spiro atoms. The molecule has 144 valence electrons. The average molecular weight is 387 g/mol. The lowest BCUT2D eigenvalue weighted by Crippen LogP contribution is -2.19. The van der Waals surface area contributed by atoms with Gasteiger partial charge in [0, 0.05) is 29.3 Å². The summed E-state index contributed by atoms with van der Waals surface area (Å²) in [6.07, 6.45) is -8.02. The summed E-state index contributed by atoms with van der Waals surface area (Å²) in [6.45, 7) is -0.113. The summed E-state index contributed by atoms with van der Waals surface area (Å²) < 4.78 is 79.4. The molecule has 0 bridgehead atoms. The summed E-state index contributed by atoms with van der Waals surface area (Å²) in [7, 11) is 0. The molecule has 2 aromatic carbocycles. The second-order valence-electron chi connectivity index (χ2n) is 6.02. The van der Waals surface area contributed by atoms with E-state index in [0.717, 1.165) is 16.5 Å². The Bertz CT molecular complexity index is 921. The summed E-state index contributed by atoms with van der Waals surface area (Å²) in [6, 6.07) is 8.28. The molecular weight excluding hydrogens is 372 g/mol. The van der Waals surface area contributed by atoms with Gasteiger partial charge in [0.05, 0.1) is 16.8 Å². The summed E-state index contributed by atoms with van der Waals surface area (Å²) in [5, 5.41) is 3.18. The highest BCUT2D eigenvalue weighted by Crippen LogP contribution is 2.44. The number of anilines is 2. The topological polar surface area (TPSA) is 53.8 Å². The van der Waals surface area contributed by atoms with Crippen molar-refractivity contribution < 1.29 is 26.3 Å². The van der Waals surface area contributed by atoms with Crippen molar-refractivity contribution in [3.8, 4) is 0 Å². The molecule has 0 saturated heterocycles. The maximum atomic E-state index is 13.2. The zero-order valence-electron chi connectivity index (χ0n) is 13.8. The fraction of sp³-hybridized carbons (Fsp3) is 0.222. The van der Waals surface area contributed by atoms with Gasteiger partial charge in [0.25, 0.3) is 0 Å². The fourth-order valence-electron chi connectivity index (χ4n) is 2.96. The van der Waals surface area contributed by atoms with Gasteiger partial charge in [0.2, 0.25) is 0 Å². The summed E-state index contributed by atoms with van der Waals surface area (Å²) in [5.74, 6) is 0. The van der Waals surface area contributed by atoms with E-state index in [9.17, 15) is 26.3 Å². The fourth-order valence-corrected chi connectivity index (χ4v) is 2.96. The molecule has 0 unspecified atom stereocenters. The van der Waals surface area contributed by atoms with E-state index in [1.165, 1.54) is 0 Å². The Hall–Kier alpha value is -2.84. The third-order valence-corrected chi connectivity index (χ3v) is 4.14. The maximum Gasteiger partial charge on any atom is 0.418 e. The molecule has 3 aromatic rings. The number of nitrogen functional groups attached to an aromatic ring is 1. The van der Waals surface area contributed by atoms with Gasteiger partial charge in [-0.15, -0.1) is 0 Å². The first-order valence-corrected chi connectivity index (χ1v) is 7.94. The van der Waals surface area contributed by atoms with Crippen LogP contribution in [0.15, 0.2) is 42.6 Å². The zero-order chi connectivity index (χ0) is 19.8. The van der Waals surface area contributed by atoms with Crippen LogP contribution in [0.5, 0.6) is 0 Å². The standard InChI is InChI=1S/C18H15F6N3/c19-17(20,21)13-7-11(25)8-14(18(22,23)24)16(13)26-6-5-10-9-27-15-4-2-1-3-12(10)15/h1-4,7-9,26-27H,5-6,25H2. The van der Waals surface area contributed by atoms with Crippen molar-refractivity contribution >= 4 is 22.3 Å². The van der Waals surface area contributed by atoms with Crippen LogP contribution in [0.3, 0.4) is 0 Å². The Morgan fingerprint density at radius 3 is 2.11 bits per heavy atom. The van der Waals surface area contributed by atoms with E-state index in [-0.39, 0.29) is 13.0 Å². The number of alkyl halides is 6. The number of hydrogen-bond donors (Lipinski definition) is 3. The zero-order valence-corrected chi connectivity index (χ0v) is 13.8. The van der Waals surface area contributed by atoms with Gasteiger partial charge in [-0.1, -0.05) is 18.2 Å². The third kappa shape index (κ3) is 3.96. The smallest absolute Gasteiger partial charge is 0.399 e. The number of fused-ring (bicyclic) bond motifs is 1. The molecule has 0 aliphatic carbocycles. The lowest BCUT2D eigenvalue weighted by Gasteiger charge is -2.20. The quantitative estimate of drug-likeness (QED) is 0.412. The number of benzene rings is 2. The lowest BCUT2D eigenvalue weighted by molar-refractivity contribution is -0.141. The molecule has 27 heavy (non-hydrogen) atoms. The first-order chi connectivity index (χ1) is 12.6. The number of aromatic nitrogens is 1. The predicted octanol–water partition coefficient (Wildman–Crippen LogP) is 5.44. The largest absolute Gasteiger partial charge is 0.418 e. The van der Waals surface area contributed by atoms with Gasteiger partial charge in [0.15, 0.2) is 0 Å². The van der Waals surface area contributed by atoms with Crippen LogP contribution >= 0.6 is 0 Å². The Kier molecular flexibility index (Phi) is 4.71. The molecule has 0 aliphatic rings. The molecule has 0 atom stereocenters. The number of nitrogens with two attached hydrogens (primary N) is 1. The molecule has 3 nitrogen and oxygen atoms in total. The van der Waals surface area contributed by atoms with Gasteiger partial charge < -0.3 is 16.0 Å². The number of rotatable bonds is 4. The van der Waals surface area contributed by atoms with Gasteiger partial charge in [-0.3, -0.25) is 0 Å². The molecule has 0 fully saturated rings. The van der Waals surface area contributed by atoms with Crippen molar-refractivity contribution in [2.75, 3.05) is 17.6 Å². The molecule has 0 amide bonds. The van der Waals surface area contributed by atoms with Crippen molar-refractivity contribution in [1.82, 2.24) is 4.98 Å². The van der Waals surface area contributed by atoms with Gasteiger partial charge >= 0.3 is 12.4 Å². The van der Waals surface area contributed by atoms with Crippen LogP contribution in [-0.4, -0.2) is 11.5 Å². The van der Waals surface area contributed by atoms with E-state index in [4.69, 9.17) is 5.73 Å². The molecule has 3 rings (SSSR count). The number of hydrogen-bond acceptors (Lipinski definition) is 2. The van der Waals surface area contributed by atoms with Gasteiger partial charge in [-0.25, -0.2) is 0 Å². The van der Waals surface area contributed by atoms with Crippen molar-refractivity contribution in [3.63, 3.8) is 0 Å². The number of halogens is 6. The molecule has 1 aromatic heterocycles. The van der Waals surface area contributed by atoms with E-state index >= 15 is 0 Å². The lowest BCUT2D eigenvalue weighted by atomic mass is 10.0. The summed E-state index contributed by atoms with van der Waals surface area (Å²) >= 11 is 0. The van der Waals surface area contributed by atoms with E-state index in [1.54, 1.807) is 12.3 Å². The van der Waals surface area contributed by atoms with Gasteiger partial charge in [-0.05, 0) is 30.2 Å². The van der Waals surface area contributed by atoms with Crippen LogP contribution in [0.25, 0.3) is 10.9 Å². The predicted molar refractivity (Wildman–Crippen MR) is 91.4 cm³/mol. The van der Waals surface area contributed by atoms with Gasteiger partial charge in [0.1, 0.15) is 0 Å². The van der Waals surface area contributed by atoms with Crippen LogP contribution in [0.2, 0.25) is 0 Å². The minimum absolute atomic E-state index is 0.113. The van der Waals surface area contributed by atoms with Crippen LogP contribution in [0.4, 0.5) is 37.7 Å². The number of nitrogens with one attached hydrogen (secondary N) is 2. The number of para-hydroxylation sites is 1. The van der Waals surface area contributed by atoms with Crippen molar-refractivity contribution in [3.05, 3.63) is 59.3 Å².